The van der Waals surface area contributed by atoms with Crippen LogP contribution in [0.5, 0.6) is 0 Å². The predicted octanol–water partition coefficient (Wildman–Crippen LogP) is 4.25. The first-order valence-corrected chi connectivity index (χ1v) is 9.44. The zero-order valence-corrected chi connectivity index (χ0v) is 15.7. The quantitative estimate of drug-likeness (QED) is 0.540. The maximum absolute atomic E-state index is 12.0. The SMILES string of the molecule is NCc1n[nH]c(=O)c2ccc(-c3cncc(Sc4ccc(Cl)cc4)c3)cc12. The average molecular weight is 395 g/mol. The summed E-state index contributed by atoms with van der Waals surface area (Å²) in [6.07, 6.45) is 3.62. The molecule has 5 nitrogen and oxygen atoms in total. The highest BCUT2D eigenvalue weighted by molar-refractivity contribution is 7.99. The molecule has 0 fully saturated rings. The van der Waals surface area contributed by atoms with E-state index in [1.807, 2.05) is 42.6 Å². The minimum absolute atomic E-state index is 0.223. The van der Waals surface area contributed by atoms with E-state index in [1.54, 1.807) is 24.0 Å². The van der Waals surface area contributed by atoms with Crippen LogP contribution in [0.1, 0.15) is 5.69 Å². The summed E-state index contributed by atoms with van der Waals surface area (Å²) >= 11 is 7.55. The third-order valence-corrected chi connectivity index (χ3v) is 5.38. The molecule has 4 rings (SSSR count). The first-order valence-electron chi connectivity index (χ1n) is 8.24. The second-order valence-corrected chi connectivity index (χ2v) is 7.51. The lowest BCUT2D eigenvalue weighted by Crippen LogP contribution is -2.13. The number of rotatable bonds is 4. The molecule has 0 atom stereocenters. The van der Waals surface area contributed by atoms with Gasteiger partial charge < -0.3 is 5.73 Å². The van der Waals surface area contributed by atoms with Crippen LogP contribution >= 0.6 is 23.4 Å². The molecule has 0 saturated carbocycles. The van der Waals surface area contributed by atoms with Crippen molar-refractivity contribution in [1.82, 2.24) is 15.2 Å². The van der Waals surface area contributed by atoms with Crippen LogP contribution in [-0.2, 0) is 6.54 Å². The van der Waals surface area contributed by atoms with Crippen LogP contribution in [0.3, 0.4) is 0 Å². The number of H-pyrrole nitrogens is 1. The van der Waals surface area contributed by atoms with Gasteiger partial charge in [0.15, 0.2) is 0 Å². The number of aromatic amines is 1. The fourth-order valence-electron chi connectivity index (χ4n) is 2.83. The van der Waals surface area contributed by atoms with Crippen molar-refractivity contribution in [2.24, 2.45) is 5.73 Å². The molecular formula is C20H15ClN4OS. The maximum atomic E-state index is 12.0. The summed E-state index contributed by atoms with van der Waals surface area (Å²) in [7, 11) is 0. The lowest BCUT2D eigenvalue weighted by atomic mass is 10.0. The molecule has 2 aromatic carbocycles. The summed E-state index contributed by atoms with van der Waals surface area (Å²) in [5, 5.41) is 8.58. The summed E-state index contributed by atoms with van der Waals surface area (Å²) in [5.74, 6) is 0. The number of hydrogen-bond donors (Lipinski definition) is 2. The number of fused-ring (bicyclic) bond motifs is 1. The second-order valence-electron chi connectivity index (χ2n) is 5.93. The zero-order valence-electron chi connectivity index (χ0n) is 14.1. The number of nitrogens with two attached hydrogens (primary N) is 1. The standard InChI is InChI=1S/C20H15ClN4OS/c21-14-2-4-15(5-3-14)27-16-7-13(10-23-11-16)12-1-6-17-18(8-12)19(9-22)24-25-20(17)26/h1-8,10-11H,9,22H2,(H,25,26). The average Bonchev–Trinajstić information content (AvgIpc) is 2.70. The Labute approximate surface area is 164 Å². The molecular weight excluding hydrogens is 380 g/mol. The second kappa shape index (κ2) is 7.52. The van der Waals surface area contributed by atoms with Gasteiger partial charge in [-0.1, -0.05) is 29.4 Å². The van der Waals surface area contributed by atoms with Gasteiger partial charge in [0.25, 0.3) is 5.56 Å². The van der Waals surface area contributed by atoms with Crippen LogP contribution < -0.4 is 11.3 Å². The molecule has 4 aromatic rings. The van der Waals surface area contributed by atoms with Gasteiger partial charge in [0, 0.05) is 44.7 Å². The van der Waals surface area contributed by atoms with Gasteiger partial charge >= 0.3 is 0 Å². The number of benzene rings is 2. The van der Waals surface area contributed by atoms with Gasteiger partial charge in [-0.05, 0) is 48.0 Å². The maximum Gasteiger partial charge on any atom is 0.272 e. The molecule has 0 radical (unpaired) electrons. The molecule has 27 heavy (non-hydrogen) atoms. The van der Waals surface area contributed by atoms with E-state index >= 15 is 0 Å². The van der Waals surface area contributed by atoms with Crippen molar-refractivity contribution < 1.29 is 0 Å². The molecule has 3 N–H and O–H groups in total. The topological polar surface area (TPSA) is 84.7 Å². The predicted molar refractivity (Wildman–Crippen MR) is 109 cm³/mol. The minimum atomic E-state index is -0.223. The van der Waals surface area contributed by atoms with E-state index in [2.05, 4.69) is 21.2 Å². The summed E-state index contributed by atoms with van der Waals surface area (Å²) < 4.78 is 0. The molecule has 0 aliphatic rings. The molecule has 0 aliphatic carbocycles. The van der Waals surface area contributed by atoms with Crippen molar-refractivity contribution in [2.75, 3.05) is 0 Å². The third kappa shape index (κ3) is 3.73. The van der Waals surface area contributed by atoms with Gasteiger partial charge in [-0.15, -0.1) is 0 Å². The summed E-state index contributed by atoms with van der Waals surface area (Å²) in [5.41, 5.74) is 8.11. The van der Waals surface area contributed by atoms with Crippen LogP contribution in [0.4, 0.5) is 0 Å². The van der Waals surface area contributed by atoms with Crippen LogP contribution in [0.15, 0.2) is 75.5 Å². The van der Waals surface area contributed by atoms with E-state index in [4.69, 9.17) is 17.3 Å². The van der Waals surface area contributed by atoms with E-state index in [1.165, 1.54) is 0 Å². The Kier molecular flexibility index (Phi) is 4.94. The zero-order chi connectivity index (χ0) is 18.8. The van der Waals surface area contributed by atoms with E-state index < -0.39 is 0 Å². The Morgan fingerprint density at radius 2 is 1.78 bits per heavy atom. The third-order valence-electron chi connectivity index (χ3n) is 4.16. The van der Waals surface area contributed by atoms with Crippen LogP contribution in [-0.4, -0.2) is 15.2 Å². The Morgan fingerprint density at radius 3 is 2.56 bits per heavy atom. The Balaban J connectivity index is 1.73. The molecule has 7 heteroatoms. The summed E-state index contributed by atoms with van der Waals surface area (Å²) in [4.78, 5) is 18.4. The largest absolute Gasteiger partial charge is 0.325 e. The number of pyridine rings is 1. The van der Waals surface area contributed by atoms with E-state index in [0.29, 0.717) is 16.1 Å². The lowest BCUT2D eigenvalue weighted by Gasteiger charge is -2.08. The smallest absolute Gasteiger partial charge is 0.272 e. The normalized spacial score (nSPS) is 11.0. The first-order chi connectivity index (χ1) is 13.1. The first kappa shape index (κ1) is 17.7. The monoisotopic (exact) mass is 394 g/mol. The minimum Gasteiger partial charge on any atom is -0.325 e. The highest BCUT2D eigenvalue weighted by atomic mass is 35.5. The molecule has 0 bridgehead atoms. The molecule has 0 spiro atoms. The van der Waals surface area contributed by atoms with Crippen molar-refractivity contribution in [2.45, 2.75) is 16.3 Å². The van der Waals surface area contributed by atoms with Gasteiger partial charge in [0.05, 0.1) is 11.1 Å². The lowest BCUT2D eigenvalue weighted by molar-refractivity contribution is 0.900. The van der Waals surface area contributed by atoms with Crippen LogP contribution in [0, 0.1) is 0 Å². The molecule has 0 unspecified atom stereocenters. The van der Waals surface area contributed by atoms with E-state index in [9.17, 15) is 4.79 Å². The van der Waals surface area contributed by atoms with Gasteiger partial charge in [-0.3, -0.25) is 9.78 Å². The molecule has 0 amide bonds. The molecule has 2 aromatic heterocycles. The fourth-order valence-corrected chi connectivity index (χ4v) is 3.80. The Hall–Kier alpha value is -2.67. The van der Waals surface area contributed by atoms with Crippen LogP contribution in [0.25, 0.3) is 21.9 Å². The summed E-state index contributed by atoms with van der Waals surface area (Å²) in [6, 6.07) is 15.4. The van der Waals surface area contributed by atoms with Gasteiger partial charge in [-0.2, -0.15) is 5.10 Å². The molecule has 2 heterocycles. The number of nitrogens with zero attached hydrogens (tertiary/aromatic N) is 2. The van der Waals surface area contributed by atoms with Crippen LogP contribution in [0.2, 0.25) is 5.02 Å². The Morgan fingerprint density at radius 1 is 0.963 bits per heavy atom. The highest BCUT2D eigenvalue weighted by Gasteiger charge is 2.09. The number of aromatic nitrogens is 3. The highest BCUT2D eigenvalue weighted by Crippen LogP contribution is 2.31. The molecule has 0 aliphatic heterocycles. The Bertz CT molecular complexity index is 1170. The number of hydrogen-bond acceptors (Lipinski definition) is 5. The van der Waals surface area contributed by atoms with E-state index in [0.717, 1.165) is 26.3 Å². The van der Waals surface area contributed by atoms with Gasteiger partial charge in [0.2, 0.25) is 0 Å². The fraction of sp³-hybridized carbons (Fsp3) is 0.0500. The van der Waals surface area contributed by atoms with Gasteiger partial charge in [-0.25, -0.2) is 5.10 Å². The molecule has 0 saturated heterocycles. The number of halogens is 1. The van der Waals surface area contributed by atoms with Crippen molar-refractivity contribution >= 4 is 34.1 Å². The van der Waals surface area contributed by atoms with Gasteiger partial charge in [0.1, 0.15) is 0 Å². The van der Waals surface area contributed by atoms with Crippen molar-refractivity contribution in [3.63, 3.8) is 0 Å². The summed E-state index contributed by atoms with van der Waals surface area (Å²) in [6.45, 7) is 0.251. The number of nitrogens with one attached hydrogen (secondary N) is 1. The van der Waals surface area contributed by atoms with E-state index in [-0.39, 0.29) is 12.1 Å². The molecule has 134 valence electrons. The van der Waals surface area contributed by atoms with Crippen molar-refractivity contribution in [1.29, 1.82) is 0 Å². The van der Waals surface area contributed by atoms with Crippen molar-refractivity contribution in [3.8, 4) is 11.1 Å². The van der Waals surface area contributed by atoms with Crippen molar-refractivity contribution in [3.05, 3.63) is 82.0 Å².